The van der Waals surface area contributed by atoms with Gasteiger partial charge in [0.25, 0.3) is 0 Å². The van der Waals surface area contributed by atoms with Gasteiger partial charge in [0, 0.05) is 21.0 Å². The van der Waals surface area contributed by atoms with E-state index in [0.717, 1.165) is 38.0 Å². The van der Waals surface area contributed by atoms with Crippen molar-refractivity contribution >= 4 is 68.1 Å². The number of amides is 3. The number of para-hydroxylation sites is 1. The lowest BCUT2D eigenvalue weighted by atomic mass is 9.83. The van der Waals surface area contributed by atoms with Crippen LogP contribution in [0.5, 0.6) is 0 Å². The molecule has 3 aromatic carbocycles. The van der Waals surface area contributed by atoms with Gasteiger partial charge in [-0.15, -0.1) is 0 Å². The Balaban J connectivity index is 1.42. The summed E-state index contributed by atoms with van der Waals surface area (Å²) in [6.45, 7) is -0.235. The molecule has 0 saturated carbocycles. The second kappa shape index (κ2) is 10.2. The Morgan fingerprint density at radius 2 is 1.62 bits per heavy atom. The van der Waals surface area contributed by atoms with E-state index >= 15 is 0 Å². The smallest absolute Gasteiger partial charge is 0.308 e. The van der Waals surface area contributed by atoms with Crippen molar-refractivity contribution in [1.82, 2.24) is 4.57 Å². The number of hydrogen-bond acceptors (Lipinski definition) is 6. The van der Waals surface area contributed by atoms with Crippen LogP contribution in [-0.2, 0) is 20.9 Å². The number of nitrogens with one attached hydrogen (secondary N) is 1. The fraction of sp³-hybridized carbons (Fsp3) is 0.143. The summed E-state index contributed by atoms with van der Waals surface area (Å²) in [6, 6.07) is 21.6. The van der Waals surface area contributed by atoms with Crippen molar-refractivity contribution in [2.45, 2.75) is 22.7 Å². The van der Waals surface area contributed by atoms with Gasteiger partial charge in [0.05, 0.1) is 16.6 Å². The highest BCUT2D eigenvalue weighted by molar-refractivity contribution is 9.10. The van der Waals surface area contributed by atoms with Crippen molar-refractivity contribution in [3.63, 3.8) is 0 Å². The molecule has 3 amide bonds. The lowest BCUT2D eigenvalue weighted by Gasteiger charge is -2.30. The lowest BCUT2D eigenvalue weighted by Crippen LogP contribution is -2.33. The first-order valence-corrected chi connectivity index (χ1v) is 14.4. The Morgan fingerprint density at radius 1 is 0.923 bits per heavy atom. The van der Waals surface area contributed by atoms with Crippen LogP contribution >= 0.6 is 39.0 Å². The summed E-state index contributed by atoms with van der Waals surface area (Å²) in [5, 5.41) is 2.48. The maximum atomic E-state index is 13.8. The Morgan fingerprint density at radius 3 is 2.31 bits per heavy atom. The van der Waals surface area contributed by atoms with E-state index in [1.807, 2.05) is 30.3 Å². The highest BCUT2D eigenvalue weighted by Gasteiger charge is 2.56. The van der Waals surface area contributed by atoms with Crippen molar-refractivity contribution in [3.05, 3.63) is 109 Å². The summed E-state index contributed by atoms with van der Waals surface area (Å²) in [5.74, 6) is -3.04. The summed E-state index contributed by atoms with van der Waals surface area (Å²) >= 11 is 5.56. The van der Waals surface area contributed by atoms with Crippen molar-refractivity contribution in [1.29, 1.82) is 0 Å². The molecule has 0 bridgehead atoms. The number of anilines is 2. The molecular formula is C28H19BrFN3O4S2. The van der Waals surface area contributed by atoms with Gasteiger partial charge in [-0.05, 0) is 54.1 Å². The van der Waals surface area contributed by atoms with Crippen LogP contribution in [-0.4, -0.2) is 27.5 Å². The average Bonchev–Trinajstić information content (AvgIpc) is 3.36. The summed E-state index contributed by atoms with van der Waals surface area (Å²) in [5.41, 5.74) is 1.67. The molecule has 1 fully saturated rings. The molecule has 0 radical (unpaired) electrons. The number of fused-ring (bicyclic) bond motifs is 2. The first-order valence-electron chi connectivity index (χ1n) is 12.0. The molecule has 3 heterocycles. The van der Waals surface area contributed by atoms with E-state index in [1.165, 1.54) is 28.8 Å². The monoisotopic (exact) mass is 623 g/mol. The van der Waals surface area contributed by atoms with Gasteiger partial charge in [-0.2, -0.15) is 0 Å². The van der Waals surface area contributed by atoms with E-state index < -0.39 is 34.7 Å². The first-order chi connectivity index (χ1) is 18.8. The lowest BCUT2D eigenvalue weighted by molar-refractivity contribution is -0.122. The van der Waals surface area contributed by atoms with Crippen molar-refractivity contribution in [3.8, 4) is 0 Å². The van der Waals surface area contributed by atoms with Crippen LogP contribution in [0.1, 0.15) is 16.4 Å². The van der Waals surface area contributed by atoms with Gasteiger partial charge >= 0.3 is 4.87 Å². The number of aromatic nitrogens is 1. The molecule has 1 saturated heterocycles. The van der Waals surface area contributed by atoms with Crippen LogP contribution in [0.3, 0.4) is 0 Å². The number of thioether (sulfide) groups is 1. The second-order valence-corrected chi connectivity index (χ2v) is 12.2. The third kappa shape index (κ3) is 4.64. The SMILES string of the molecule is O=C(Cn1c2c(sc1=O)[C@H](c1ccc(Br)cc1)C1C(=O)N(c3ccc(F)cc3)C(=O)C1S2)Nc1ccccc1. The minimum absolute atomic E-state index is 0.235. The average molecular weight is 625 g/mol. The highest BCUT2D eigenvalue weighted by Crippen LogP contribution is 2.53. The van der Waals surface area contributed by atoms with E-state index in [1.54, 1.807) is 24.3 Å². The number of hydrogen-bond donors (Lipinski definition) is 1. The van der Waals surface area contributed by atoms with E-state index in [-0.39, 0.29) is 17.3 Å². The van der Waals surface area contributed by atoms with Crippen LogP contribution in [0.4, 0.5) is 15.8 Å². The van der Waals surface area contributed by atoms with Gasteiger partial charge in [0.1, 0.15) is 17.6 Å². The molecule has 2 unspecified atom stereocenters. The molecule has 0 aliphatic carbocycles. The molecule has 1 aromatic heterocycles. The Bertz CT molecular complexity index is 1660. The minimum atomic E-state index is -0.818. The quantitative estimate of drug-likeness (QED) is 0.307. The van der Waals surface area contributed by atoms with E-state index in [4.69, 9.17) is 0 Å². The predicted molar refractivity (Wildman–Crippen MR) is 152 cm³/mol. The number of halogens is 2. The predicted octanol–water partition coefficient (Wildman–Crippen LogP) is 5.25. The number of nitrogens with zero attached hydrogens (tertiary/aromatic N) is 2. The zero-order valence-corrected chi connectivity index (χ0v) is 23.3. The second-order valence-electron chi connectivity index (χ2n) is 9.12. The maximum absolute atomic E-state index is 13.8. The minimum Gasteiger partial charge on any atom is -0.325 e. The van der Waals surface area contributed by atoms with Crippen molar-refractivity contribution < 1.29 is 18.8 Å². The molecular weight excluding hydrogens is 605 g/mol. The number of rotatable bonds is 5. The molecule has 11 heteroatoms. The van der Waals surface area contributed by atoms with Crippen LogP contribution in [0.2, 0.25) is 0 Å². The highest BCUT2D eigenvalue weighted by atomic mass is 79.9. The molecule has 2 aliphatic rings. The van der Waals surface area contributed by atoms with Crippen LogP contribution in [0, 0.1) is 11.7 Å². The zero-order chi connectivity index (χ0) is 27.3. The van der Waals surface area contributed by atoms with Crippen molar-refractivity contribution in [2.24, 2.45) is 5.92 Å². The fourth-order valence-electron chi connectivity index (χ4n) is 4.99. The molecule has 196 valence electrons. The Kier molecular flexibility index (Phi) is 6.74. The maximum Gasteiger partial charge on any atom is 0.308 e. The third-order valence-corrected chi connectivity index (χ3v) is 9.85. The van der Waals surface area contributed by atoms with Crippen LogP contribution in [0.25, 0.3) is 0 Å². The Labute approximate surface area is 238 Å². The first kappa shape index (κ1) is 25.7. The molecule has 39 heavy (non-hydrogen) atoms. The normalized spacial score (nSPS) is 20.1. The fourth-order valence-corrected chi connectivity index (χ4v) is 8.03. The standard InChI is InChI=1S/C28H19BrFN3O4S2/c29-16-8-6-15(7-9-16)21-22-23(26(36)33(25(22)35)19-12-10-17(30)11-13-19)38-27-24(21)39-28(37)32(27)14-20(34)31-18-4-2-1-3-5-18/h1-13,21-23H,14H2,(H,31,34)/t21-,22?,23?/m1/s1. The third-order valence-electron chi connectivity index (χ3n) is 6.72. The number of carbonyl (C=O) groups excluding carboxylic acids is 3. The van der Waals surface area contributed by atoms with Gasteiger partial charge in [-0.3, -0.25) is 23.7 Å². The number of carbonyl (C=O) groups is 3. The Hall–Kier alpha value is -3.54. The van der Waals surface area contributed by atoms with Gasteiger partial charge < -0.3 is 5.32 Å². The van der Waals surface area contributed by atoms with Gasteiger partial charge in [-0.25, -0.2) is 9.29 Å². The molecule has 0 spiro atoms. The number of thiazole rings is 1. The molecule has 7 nitrogen and oxygen atoms in total. The van der Waals surface area contributed by atoms with Crippen LogP contribution in [0.15, 0.2) is 93.2 Å². The largest absolute Gasteiger partial charge is 0.325 e. The molecule has 2 aliphatic heterocycles. The van der Waals surface area contributed by atoms with E-state index in [0.29, 0.717) is 21.3 Å². The summed E-state index contributed by atoms with van der Waals surface area (Å²) < 4.78 is 15.8. The van der Waals surface area contributed by atoms with E-state index in [2.05, 4.69) is 21.2 Å². The molecule has 3 atom stereocenters. The molecule has 4 aromatic rings. The zero-order valence-electron chi connectivity index (χ0n) is 20.0. The molecule has 1 N–H and O–H groups in total. The van der Waals surface area contributed by atoms with Gasteiger partial charge in [0.15, 0.2) is 0 Å². The number of benzene rings is 3. The summed E-state index contributed by atoms with van der Waals surface area (Å²) in [7, 11) is 0. The van der Waals surface area contributed by atoms with E-state index in [9.17, 15) is 23.6 Å². The van der Waals surface area contributed by atoms with Gasteiger partial charge in [0.2, 0.25) is 17.7 Å². The number of imide groups is 1. The molecule has 6 rings (SSSR count). The summed E-state index contributed by atoms with van der Waals surface area (Å²) in [6.07, 6.45) is 0. The van der Waals surface area contributed by atoms with Gasteiger partial charge in [-0.1, -0.05) is 69.4 Å². The summed E-state index contributed by atoms with van der Waals surface area (Å²) in [4.78, 5) is 55.0. The van der Waals surface area contributed by atoms with Crippen LogP contribution < -0.4 is 15.1 Å². The topological polar surface area (TPSA) is 88.5 Å². The van der Waals surface area contributed by atoms with Crippen molar-refractivity contribution in [2.75, 3.05) is 10.2 Å².